The van der Waals surface area contributed by atoms with Crippen molar-refractivity contribution in [1.82, 2.24) is 0 Å². The van der Waals surface area contributed by atoms with Crippen LogP contribution >= 0.6 is 24.2 Å². The quantitative estimate of drug-likeness (QED) is 0.360. The molecule has 0 spiro atoms. The van der Waals surface area contributed by atoms with Crippen molar-refractivity contribution >= 4 is 41.7 Å². The lowest BCUT2D eigenvalue weighted by Crippen LogP contribution is -2.34. The van der Waals surface area contributed by atoms with Gasteiger partial charge in [0.2, 0.25) is 0 Å². The number of anilines is 1. The number of aliphatic carboxylic acids is 1. The summed E-state index contributed by atoms with van der Waals surface area (Å²) in [5.41, 5.74) is 7.16. The van der Waals surface area contributed by atoms with Gasteiger partial charge < -0.3 is 25.7 Å². The van der Waals surface area contributed by atoms with E-state index in [2.05, 4.69) is 5.32 Å². The van der Waals surface area contributed by atoms with Crippen molar-refractivity contribution in [2.24, 2.45) is 5.73 Å². The number of thioether (sulfide) groups is 1. The van der Waals surface area contributed by atoms with Crippen LogP contribution in [0.5, 0.6) is 5.75 Å². The molecule has 0 aliphatic rings. The molecule has 2 rings (SSSR count). The Labute approximate surface area is 163 Å². The second-order valence-corrected chi connectivity index (χ2v) is 6.08. The van der Waals surface area contributed by atoms with Crippen LogP contribution < -0.4 is 20.9 Å². The van der Waals surface area contributed by atoms with E-state index in [-0.39, 0.29) is 18.2 Å². The van der Waals surface area contributed by atoms with Gasteiger partial charge in [-0.1, -0.05) is 6.07 Å². The summed E-state index contributed by atoms with van der Waals surface area (Å²) in [4.78, 5) is 12.5. The number of carboxylic acids is 1. The van der Waals surface area contributed by atoms with Crippen molar-refractivity contribution in [2.45, 2.75) is 17.9 Å². The summed E-state index contributed by atoms with van der Waals surface area (Å²) < 4.78 is 5.54. The highest BCUT2D eigenvalue weighted by molar-refractivity contribution is 7.98. The Morgan fingerprint density at radius 2 is 1.96 bits per heavy atom. The van der Waals surface area contributed by atoms with Crippen molar-refractivity contribution in [3.8, 4) is 5.75 Å². The fourth-order valence-electron chi connectivity index (χ4n) is 2.33. The fraction of sp³-hybridized carbons (Fsp3) is 0.222. The van der Waals surface area contributed by atoms with Crippen molar-refractivity contribution in [1.29, 1.82) is 5.41 Å². The van der Waals surface area contributed by atoms with Crippen LogP contribution in [0.3, 0.4) is 0 Å². The zero-order valence-electron chi connectivity index (χ0n) is 14.4. The van der Waals surface area contributed by atoms with Gasteiger partial charge in [-0.15, -0.1) is 24.2 Å². The smallest absolute Gasteiger partial charge is 0.132 e. The number of halogens is 1. The number of nitrogen functional groups attached to an aromatic ring is 1. The number of nitrogens with one attached hydrogen (secondary N) is 2. The number of carboxylic acid groups (broad SMARTS) is 1. The van der Waals surface area contributed by atoms with Crippen LogP contribution in [-0.2, 0) is 4.79 Å². The molecular formula is C18H21ClN3O3S-. The van der Waals surface area contributed by atoms with Crippen LogP contribution in [0.1, 0.15) is 24.1 Å². The number of nitrogens with two attached hydrogens (primary N) is 1. The lowest BCUT2D eigenvalue weighted by Gasteiger charge is -2.22. The van der Waals surface area contributed by atoms with Gasteiger partial charge >= 0.3 is 0 Å². The SMILES string of the molecule is CCOc1ccc(C(Nc2ccc(C(=N)N)cc2)C(=O)[O-])cc1SC.Cl. The van der Waals surface area contributed by atoms with E-state index in [0.717, 1.165) is 10.6 Å². The lowest BCUT2D eigenvalue weighted by molar-refractivity contribution is -0.307. The third-order valence-corrected chi connectivity index (χ3v) is 4.32. The van der Waals surface area contributed by atoms with Crippen LogP contribution in [0.4, 0.5) is 5.69 Å². The minimum absolute atomic E-state index is 0. The van der Waals surface area contributed by atoms with Crippen molar-refractivity contribution in [3.05, 3.63) is 53.6 Å². The minimum Gasteiger partial charge on any atom is -0.548 e. The standard InChI is InChI=1S/C18H21N3O3S.ClH/c1-3-24-14-9-6-12(10-15(14)25-2)16(18(22)23)21-13-7-4-11(5-8-13)17(19)20;/h4-10,16,21H,3H2,1-2H3,(H3,19,20)(H,22,23);1H/p-1. The average Bonchev–Trinajstić information content (AvgIpc) is 2.60. The van der Waals surface area contributed by atoms with Gasteiger partial charge in [0.25, 0.3) is 0 Å². The van der Waals surface area contributed by atoms with Crippen LogP contribution in [0, 0.1) is 5.41 Å². The first-order valence-electron chi connectivity index (χ1n) is 7.68. The molecule has 4 N–H and O–H groups in total. The summed E-state index contributed by atoms with van der Waals surface area (Å²) in [6.45, 7) is 2.44. The van der Waals surface area contributed by atoms with Gasteiger partial charge in [0, 0.05) is 16.1 Å². The van der Waals surface area contributed by atoms with Crippen molar-refractivity contribution < 1.29 is 14.6 Å². The Morgan fingerprint density at radius 1 is 1.31 bits per heavy atom. The first-order chi connectivity index (χ1) is 12.0. The molecule has 0 aromatic heterocycles. The maximum absolute atomic E-state index is 11.6. The highest BCUT2D eigenvalue weighted by Gasteiger charge is 2.15. The predicted octanol–water partition coefficient (Wildman–Crippen LogP) is 2.42. The fourth-order valence-corrected chi connectivity index (χ4v) is 2.91. The number of amidine groups is 1. The van der Waals surface area contributed by atoms with E-state index in [0.29, 0.717) is 23.4 Å². The van der Waals surface area contributed by atoms with E-state index in [1.807, 2.05) is 13.2 Å². The molecule has 0 bridgehead atoms. The summed E-state index contributed by atoms with van der Waals surface area (Å²) in [6.07, 6.45) is 1.91. The summed E-state index contributed by atoms with van der Waals surface area (Å²) in [6, 6.07) is 10.9. The molecule has 0 aliphatic heterocycles. The molecule has 2 aromatic rings. The van der Waals surface area contributed by atoms with Crippen LogP contribution in [0.2, 0.25) is 0 Å². The zero-order valence-corrected chi connectivity index (χ0v) is 16.1. The van der Waals surface area contributed by atoms with Gasteiger partial charge in [-0.25, -0.2) is 0 Å². The second-order valence-electron chi connectivity index (χ2n) is 5.23. The van der Waals surface area contributed by atoms with E-state index in [1.54, 1.807) is 42.5 Å². The van der Waals surface area contributed by atoms with Crippen LogP contribution in [-0.4, -0.2) is 24.7 Å². The largest absolute Gasteiger partial charge is 0.548 e. The molecule has 6 nitrogen and oxygen atoms in total. The molecular weight excluding hydrogens is 374 g/mol. The van der Waals surface area contributed by atoms with Crippen molar-refractivity contribution in [3.63, 3.8) is 0 Å². The van der Waals surface area contributed by atoms with Gasteiger partial charge in [-0.3, -0.25) is 5.41 Å². The number of carbonyl (C=O) groups excluding carboxylic acids is 1. The van der Waals surface area contributed by atoms with E-state index in [9.17, 15) is 9.90 Å². The first-order valence-corrected chi connectivity index (χ1v) is 8.91. The predicted molar refractivity (Wildman–Crippen MR) is 105 cm³/mol. The Kier molecular flexibility index (Phi) is 8.28. The number of hydrogen-bond donors (Lipinski definition) is 3. The summed E-state index contributed by atoms with van der Waals surface area (Å²) in [7, 11) is 0. The molecule has 0 aliphatic carbocycles. The molecule has 26 heavy (non-hydrogen) atoms. The Bertz CT molecular complexity index is 769. The monoisotopic (exact) mass is 394 g/mol. The number of rotatable bonds is 8. The molecule has 0 amide bonds. The molecule has 0 saturated carbocycles. The van der Waals surface area contributed by atoms with Gasteiger partial charge in [-0.2, -0.15) is 0 Å². The number of hydrogen-bond acceptors (Lipinski definition) is 6. The summed E-state index contributed by atoms with van der Waals surface area (Å²) >= 11 is 1.49. The number of benzene rings is 2. The molecule has 1 atom stereocenters. The minimum atomic E-state index is -1.23. The Morgan fingerprint density at radius 3 is 2.46 bits per heavy atom. The van der Waals surface area contributed by atoms with E-state index in [1.165, 1.54) is 11.8 Å². The third-order valence-electron chi connectivity index (χ3n) is 3.56. The van der Waals surface area contributed by atoms with Gasteiger partial charge in [0.15, 0.2) is 0 Å². The van der Waals surface area contributed by atoms with Crippen LogP contribution in [0.15, 0.2) is 47.4 Å². The van der Waals surface area contributed by atoms with Crippen molar-refractivity contribution in [2.75, 3.05) is 18.2 Å². The Balaban J connectivity index is 0.00000338. The highest BCUT2D eigenvalue weighted by atomic mass is 35.5. The van der Waals surface area contributed by atoms with Crippen LogP contribution in [0.25, 0.3) is 0 Å². The molecule has 140 valence electrons. The molecule has 0 radical (unpaired) electrons. The van der Waals surface area contributed by atoms with Gasteiger partial charge in [-0.05, 0) is 55.1 Å². The van der Waals surface area contributed by atoms with Gasteiger partial charge in [0.05, 0.1) is 18.6 Å². The molecule has 2 aromatic carbocycles. The lowest BCUT2D eigenvalue weighted by atomic mass is 10.1. The average molecular weight is 395 g/mol. The highest BCUT2D eigenvalue weighted by Crippen LogP contribution is 2.31. The molecule has 1 unspecified atom stereocenters. The third kappa shape index (κ3) is 5.31. The molecule has 0 fully saturated rings. The second kappa shape index (κ2) is 9.94. The maximum Gasteiger partial charge on any atom is 0.132 e. The summed E-state index contributed by atoms with van der Waals surface area (Å²) in [5.74, 6) is -0.548. The van der Waals surface area contributed by atoms with Gasteiger partial charge in [0.1, 0.15) is 11.6 Å². The maximum atomic E-state index is 11.6. The molecule has 0 saturated heterocycles. The normalized spacial score (nSPS) is 11.2. The number of carbonyl (C=O) groups is 1. The topological polar surface area (TPSA) is 111 Å². The van der Waals surface area contributed by atoms with E-state index >= 15 is 0 Å². The zero-order chi connectivity index (χ0) is 18.4. The van der Waals surface area contributed by atoms with E-state index in [4.69, 9.17) is 15.9 Å². The summed E-state index contributed by atoms with van der Waals surface area (Å²) in [5, 5.41) is 22.0. The molecule has 8 heteroatoms. The Hall–Kier alpha value is -2.38. The van der Waals surface area contributed by atoms with E-state index < -0.39 is 12.0 Å². The first kappa shape index (κ1) is 21.7. The molecule has 0 heterocycles. The number of ether oxygens (including phenoxy) is 1.